The standard InChI is InChI=1S/C21H27N3O3/c1-15-14-24(12-13-26-15)18-8-10-23(11-9-18)21(25)19-16(2)22-20(27-19)17-6-4-3-5-7-17/h3-7,15,18H,8-14H2,1-2H3. The molecule has 1 atom stereocenters. The number of rotatable bonds is 3. The molecule has 2 fully saturated rings. The molecule has 3 heterocycles. The van der Waals surface area contributed by atoms with Crippen molar-refractivity contribution in [3.63, 3.8) is 0 Å². The van der Waals surface area contributed by atoms with Gasteiger partial charge in [-0.3, -0.25) is 9.69 Å². The van der Waals surface area contributed by atoms with E-state index in [-0.39, 0.29) is 5.91 Å². The molecule has 0 radical (unpaired) electrons. The molecule has 6 nitrogen and oxygen atoms in total. The normalized spacial score (nSPS) is 22.1. The molecule has 1 unspecified atom stereocenters. The Balaban J connectivity index is 1.40. The number of hydrogen-bond acceptors (Lipinski definition) is 5. The molecule has 0 N–H and O–H groups in total. The van der Waals surface area contributed by atoms with E-state index < -0.39 is 0 Å². The molecule has 4 rings (SSSR count). The summed E-state index contributed by atoms with van der Waals surface area (Å²) in [7, 11) is 0. The van der Waals surface area contributed by atoms with Crippen LogP contribution in [0.4, 0.5) is 0 Å². The Bertz CT molecular complexity index is 781. The Kier molecular flexibility index (Phi) is 5.27. The molecule has 2 saturated heterocycles. The van der Waals surface area contributed by atoms with Gasteiger partial charge >= 0.3 is 0 Å². The van der Waals surface area contributed by atoms with Crippen molar-refractivity contribution in [3.8, 4) is 11.5 Å². The first-order valence-electron chi connectivity index (χ1n) is 9.79. The first kappa shape index (κ1) is 18.2. The molecule has 0 aliphatic carbocycles. The van der Waals surface area contributed by atoms with E-state index in [0.717, 1.165) is 51.2 Å². The van der Waals surface area contributed by atoms with Gasteiger partial charge in [0.25, 0.3) is 5.91 Å². The number of piperidine rings is 1. The number of aryl methyl sites for hydroxylation is 1. The molecular formula is C21H27N3O3. The number of likely N-dealkylation sites (tertiary alicyclic amines) is 1. The Morgan fingerprint density at radius 1 is 1.15 bits per heavy atom. The van der Waals surface area contributed by atoms with Gasteiger partial charge in [-0.05, 0) is 38.8 Å². The molecule has 1 aromatic carbocycles. The van der Waals surface area contributed by atoms with Crippen LogP contribution in [0.5, 0.6) is 0 Å². The molecule has 1 aromatic heterocycles. The highest BCUT2D eigenvalue weighted by molar-refractivity contribution is 5.93. The van der Waals surface area contributed by atoms with E-state index in [2.05, 4.69) is 16.8 Å². The van der Waals surface area contributed by atoms with Crippen molar-refractivity contribution in [1.82, 2.24) is 14.8 Å². The first-order valence-corrected chi connectivity index (χ1v) is 9.79. The number of carbonyl (C=O) groups excluding carboxylic acids is 1. The van der Waals surface area contributed by atoms with Crippen molar-refractivity contribution in [2.75, 3.05) is 32.8 Å². The predicted molar refractivity (Wildman–Crippen MR) is 103 cm³/mol. The van der Waals surface area contributed by atoms with E-state index in [1.165, 1.54) is 0 Å². The number of nitrogens with zero attached hydrogens (tertiary/aromatic N) is 3. The molecule has 2 aliphatic rings. The van der Waals surface area contributed by atoms with Crippen molar-refractivity contribution in [2.24, 2.45) is 0 Å². The number of morpholine rings is 1. The smallest absolute Gasteiger partial charge is 0.291 e. The monoisotopic (exact) mass is 369 g/mol. The summed E-state index contributed by atoms with van der Waals surface area (Å²) in [6, 6.07) is 10.2. The van der Waals surface area contributed by atoms with Crippen molar-refractivity contribution >= 4 is 5.91 Å². The molecular weight excluding hydrogens is 342 g/mol. The molecule has 0 spiro atoms. The van der Waals surface area contributed by atoms with E-state index in [4.69, 9.17) is 9.15 Å². The van der Waals surface area contributed by atoms with E-state index in [0.29, 0.717) is 29.5 Å². The zero-order valence-corrected chi connectivity index (χ0v) is 16.1. The zero-order valence-electron chi connectivity index (χ0n) is 16.1. The summed E-state index contributed by atoms with van der Waals surface area (Å²) in [5.41, 5.74) is 1.54. The fourth-order valence-corrected chi connectivity index (χ4v) is 4.05. The zero-order chi connectivity index (χ0) is 18.8. The lowest BCUT2D eigenvalue weighted by Gasteiger charge is -2.41. The summed E-state index contributed by atoms with van der Waals surface area (Å²) < 4.78 is 11.5. The Hall–Kier alpha value is -2.18. The van der Waals surface area contributed by atoms with E-state index in [9.17, 15) is 4.79 Å². The molecule has 6 heteroatoms. The number of ether oxygens (including phenoxy) is 1. The van der Waals surface area contributed by atoms with Gasteiger partial charge in [-0.15, -0.1) is 0 Å². The quantitative estimate of drug-likeness (QED) is 0.832. The van der Waals surface area contributed by atoms with Gasteiger partial charge in [0.1, 0.15) is 0 Å². The minimum Gasteiger partial charge on any atom is -0.431 e. The summed E-state index contributed by atoms with van der Waals surface area (Å²) in [5.74, 6) is 0.830. The molecule has 2 aromatic rings. The van der Waals surface area contributed by atoms with Crippen LogP contribution in [-0.2, 0) is 4.74 Å². The lowest BCUT2D eigenvalue weighted by atomic mass is 10.0. The van der Waals surface area contributed by atoms with Gasteiger partial charge in [0.05, 0.1) is 18.4 Å². The SMILES string of the molecule is Cc1nc(-c2ccccc2)oc1C(=O)N1CCC(N2CCOC(C)C2)CC1. The summed E-state index contributed by atoms with van der Waals surface area (Å²) >= 11 is 0. The maximum atomic E-state index is 13.0. The van der Waals surface area contributed by atoms with Crippen LogP contribution in [0.15, 0.2) is 34.7 Å². The first-order chi connectivity index (χ1) is 13.1. The van der Waals surface area contributed by atoms with E-state index in [1.54, 1.807) is 0 Å². The summed E-state index contributed by atoms with van der Waals surface area (Å²) in [6.07, 6.45) is 2.29. The van der Waals surface area contributed by atoms with Gasteiger partial charge in [0.2, 0.25) is 11.7 Å². The van der Waals surface area contributed by atoms with Crippen molar-refractivity contribution < 1.29 is 13.9 Å². The average Bonchev–Trinajstić information content (AvgIpc) is 3.10. The van der Waals surface area contributed by atoms with Gasteiger partial charge in [-0.1, -0.05) is 18.2 Å². The highest BCUT2D eigenvalue weighted by atomic mass is 16.5. The van der Waals surface area contributed by atoms with Gasteiger partial charge in [-0.2, -0.15) is 0 Å². The van der Waals surface area contributed by atoms with Crippen LogP contribution in [0.3, 0.4) is 0 Å². The van der Waals surface area contributed by atoms with Gasteiger partial charge < -0.3 is 14.1 Å². The number of aromatic nitrogens is 1. The summed E-state index contributed by atoms with van der Waals surface area (Å²) in [6.45, 7) is 8.27. The van der Waals surface area contributed by atoms with Crippen molar-refractivity contribution in [2.45, 2.75) is 38.8 Å². The van der Waals surface area contributed by atoms with E-state index in [1.807, 2.05) is 42.2 Å². The second kappa shape index (κ2) is 7.82. The number of hydrogen-bond donors (Lipinski definition) is 0. The number of oxazole rings is 1. The fourth-order valence-electron chi connectivity index (χ4n) is 4.05. The topological polar surface area (TPSA) is 58.8 Å². The molecule has 0 saturated carbocycles. The molecule has 144 valence electrons. The van der Waals surface area contributed by atoms with E-state index >= 15 is 0 Å². The van der Waals surface area contributed by atoms with Crippen LogP contribution in [0.1, 0.15) is 36.0 Å². The molecule has 1 amide bonds. The summed E-state index contributed by atoms with van der Waals surface area (Å²) in [5, 5.41) is 0. The van der Waals surface area contributed by atoms with Crippen molar-refractivity contribution in [1.29, 1.82) is 0 Å². The lowest BCUT2D eigenvalue weighted by Crippen LogP contribution is -2.51. The third kappa shape index (κ3) is 3.92. The maximum absolute atomic E-state index is 13.0. The molecule has 27 heavy (non-hydrogen) atoms. The van der Waals surface area contributed by atoms with Crippen LogP contribution in [0, 0.1) is 6.92 Å². The lowest BCUT2D eigenvalue weighted by molar-refractivity contribution is -0.0424. The Labute approximate surface area is 160 Å². The van der Waals surface area contributed by atoms with Gasteiger partial charge in [-0.25, -0.2) is 4.98 Å². The van der Waals surface area contributed by atoms with Crippen LogP contribution < -0.4 is 0 Å². The van der Waals surface area contributed by atoms with Crippen molar-refractivity contribution in [3.05, 3.63) is 41.8 Å². The second-order valence-corrected chi connectivity index (χ2v) is 7.50. The average molecular weight is 369 g/mol. The van der Waals surface area contributed by atoms with Crippen LogP contribution in [0.25, 0.3) is 11.5 Å². The highest BCUT2D eigenvalue weighted by Gasteiger charge is 2.31. The van der Waals surface area contributed by atoms with Gasteiger partial charge in [0, 0.05) is 37.8 Å². The van der Waals surface area contributed by atoms with Crippen LogP contribution >= 0.6 is 0 Å². The third-order valence-electron chi connectivity index (χ3n) is 5.55. The number of carbonyl (C=O) groups is 1. The Morgan fingerprint density at radius 3 is 2.59 bits per heavy atom. The number of amides is 1. The third-order valence-corrected chi connectivity index (χ3v) is 5.55. The number of benzene rings is 1. The minimum atomic E-state index is -0.0454. The van der Waals surface area contributed by atoms with Gasteiger partial charge in [0.15, 0.2) is 0 Å². The molecule has 2 aliphatic heterocycles. The summed E-state index contributed by atoms with van der Waals surface area (Å²) in [4.78, 5) is 21.8. The largest absolute Gasteiger partial charge is 0.431 e. The van der Waals surface area contributed by atoms with Crippen LogP contribution in [-0.4, -0.2) is 65.6 Å². The van der Waals surface area contributed by atoms with Crippen LogP contribution in [0.2, 0.25) is 0 Å². The fraction of sp³-hybridized carbons (Fsp3) is 0.524. The maximum Gasteiger partial charge on any atom is 0.291 e. The predicted octanol–water partition coefficient (Wildman–Crippen LogP) is 2.98. The minimum absolute atomic E-state index is 0.0454. The Morgan fingerprint density at radius 2 is 1.89 bits per heavy atom. The highest BCUT2D eigenvalue weighted by Crippen LogP contribution is 2.25. The molecule has 0 bridgehead atoms. The second-order valence-electron chi connectivity index (χ2n) is 7.50.